The first-order chi connectivity index (χ1) is 4.79. The molecule has 0 aromatic rings. The summed E-state index contributed by atoms with van der Waals surface area (Å²) in [7, 11) is 0. The zero-order valence-electron chi connectivity index (χ0n) is 5.20. The van der Waals surface area contributed by atoms with Crippen LogP contribution < -0.4 is 16.7 Å². The summed E-state index contributed by atoms with van der Waals surface area (Å²) in [4.78, 5) is 14.5. The molecule has 0 aromatic carbocycles. The van der Waals surface area contributed by atoms with Crippen molar-refractivity contribution in [1.29, 1.82) is 0 Å². The monoisotopic (exact) mass is 144 g/mol. The van der Waals surface area contributed by atoms with Crippen molar-refractivity contribution in [3.05, 3.63) is 12.3 Å². The maximum absolute atomic E-state index is 10.1. The summed E-state index contributed by atoms with van der Waals surface area (Å²) in [6, 6.07) is 0. The number of hydrazine groups is 2. The largest absolute Gasteiger partial charge is 0.430 e. The minimum atomic E-state index is -0.860. The molecule has 1 amide bonds. The van der Waals surface area contributed by atoms with E-state index in [0.29, 0.717) is 6.54 Å². The van der Waals surface area contributed by atoms with Gasteiger partial charge in [0.05, 0.1) is 6.20 Å². The Morgan fingerprint density at radius 1 is 1.80 bits per heavy atom. The number of carbonyl (C=O) groups excluding carboxylic acids is 1. The smallest absolute Gasteiger partial charge is 0.333 e. The molecule has 56 valence electrons. The molecule has 0 saturated carbocycles. The van der Waals surface area contributed by atoms with Gasteiger partial charge in [0.2, 0.25) is 0 Å². The number of nitrogens with zero attached hydrogens (tertiary/aromatic N) is 1. The molecule has 1 aliphatic heterocycles. The third-order valence-electron chi connectivity index (χ3n) is 0.838. The Labute approximate surface area is 57.5 Å². The van der Waals surface area contributed by atoms with Crippen LogP contribution >= 0.6 is 0 Å². The number of hydroxylamine groups is 1. The summed E-state index contributed by atoms with van der Waals surface area (Å²) in [6.07, 6.45) is 2.45. The van der Waals surface area contributed by atoms with E-state index in [0.717, 1.165) is 5.17 Å². The average Bonchev–Trinajstić information content (AvgIpc) is 1.88. The van der Waals surface area contributed by atoms with E-state index in [1.165, 1.54) is 0 Å². The third-order valence-corrected chi connectivity index (χ3v) is 0.838. The van der Waals surface area contributed by atoms with E-state index in [1.807, 2.05) is 0 Å². The molecule has 0 atom stereocenters. The van der Waals surface area contributed by atoms with Crippen LogP contribution in [0.25, 0.3) is 0 Å². The number of nitrogens with one attached hydrogen (secondary N) is 2. The second-order valence-electron chi connectivity index (χ2n) is 1.61. The van der Waals surface area contributed by atoms with Crippen LogP contribution in [-0.2, 0) is 4.84 Å². The Bertz CT molecular complexity index is 157. The van der Waals surface area contributed by atoms with E-state index in [4.69, 9.17) is 5.73 Å². The molecule has 6 heteroatoms. The highest BCUT2D eigenvalue weighted by Crippen LogP contribution is 1.88. The van der Waals surface area contributed by atoms with Gasteiger partial charge in [-0.2, -0.15) is 0 Å². The second kappa shape index (κ2) is 3.04. The Kier molecular flexibility index (Phi) is 2.08. The molecule has 0 spiro atoms. The van der Waals surface area contributed by atoms with E-state index in [2.05, 4.69) is 15.8 Å². The Balaban J connectivity index is 2.33. The van der Waals surface area contributed by atoms with Crippen LogP contribution in [0, 0.1) is 0 Å². The number of hydrogen-bond donors (Lipinski definition) is 3. The van der Waals surface area contributed by atoms with Crippen molar-refractivity contribution in [3.8, 4) is 0 Å². The van der Waals surface area contributed by atoms with Crippen LogP contribution in [0.15, 0.2) is 12.3 Å². The van der Waals surface area contributed by atoms with Gasteiger partial charge in [-0.05, 0) is 6.08 Å². The highest BCUT2D eigenvalue weighted by molar-refractivity contribution is 5.64. The zero-order valence-corrected chi connectivity index (χ0v) is 5.20. The Morgan fingerprint density at radius 2 is 2.60 bits per heavy atom. The van der Waals surface area contributed by atoms with Crippen molar-refractivity contribution in [1.82, 2.24) is 16.1 Å². The number of primary amides is 1. The van der Waals surface area contributed by atoms with E-state index < -0.39 is 6.09 Å². The maximum atomic E-state index is 10.1. The molecule has 1 rings (SSSR count). The molecule has 0 aromatic heterocycles. The SMILES string of the molecule is NC(=O)ON1C=CCNN1. The number of carbonyl (C=O) groups is 1. The highest BCUT2D eigenvalue weighted by Gasteiger charge is 2.04. The average molecular weight is 144 g/mol. The minimum absolute atomic E-state index is 0.679. The van der Waals surface area contributed by atoms with Crippen molar-refractivity contribution < 1.29 is 9.63 Å². The number of rotatable bonds is 1. The fraction of sp³-hybridized carbons (Fsp3) is 0.250. The van der Waals surface area contributed by atoms with Gasteiger partial charge >= 0.3 is 6.09 Å². The molecule has 0 bridgehead atoms. The molecule has 1 heterocycles. The van der Waals surface area contributed by atoms with Crippen molar-refractivity contribution >= 4 is 6.09 Å². The van der Waals surface area contributed by atoms with E-state index >= 15 is 0 Å². The minimum Gasteiger partial charge on any atom is -0.333 e. The lowest BCUT2D eigenvalue weighted by Gasteiger charge is -2.21. The third kappa shape index (κ3) is 1.92. The summed E-state index contributed by atoms with van der Waals surface area (Å²) in [5, 5.41) is 1.08. The zero-order chi connectivity index (χ0) is 7.40. The lowest BCUT2D eigenvalue weighted by Crippen LogP contribution is -2.48. The number of nitrogens with two attached hydrogens (primary N) is 1. The summed E-state index contributed by atoms with van der Waals surface area (Å²) < 4.78 is 0. The van der Waals surface area contributed by atoms with Gasteiger partial charge in [-0.15, -0.1) is 10.7 Å². The van der Waals surface area contributed by atoms with Gasteiger partial charge in [-0.1, -0.05) is 0 Å². The molecular formula is C4H8N4O2. The second-order valence-corrected chi connectivity index (χ2v) is 1.61. The van der Waals surface area contributed by atoms with E-state index in [9.17, 15) is 4.79 Å². The Morgan fingerprint density at radius 3 is 3.10 bits per heavy atom. The van der Waals surface area contributed by atoms with Gasteiger partial charge in [0.15, 0.2) is 0 Å². The molecule has 10 heavy (non-hydrogen) atoms. The summed E-state index contributed by atoms with van der Waals surface area (Å²) in [5.41, 5.74) is 9.94. The predicted molar refractivity (Wildman–Crippen MR) is 32.8 cm³/mol. The quantitative estimate of drug-likeness (QED) is 0.432. The summed E-state index contributed by atoms with van der Waals surface area (Å²) in [5.74, 6) is 0. The van der Waals surface area contributed by atoms with Gasteiger partial charge in [-0.3, -0.25) is 0 Å². The van der Waals surface area contributed by atoms with Crippen LogP contribution in [0.4, 0.5) is 4.79 Å². The first-order valence-corrected chi connectivity index (χ1v) is 2.71. The van der Waals surface area contributed by atoms with Gasteiger partial charge in [-0.25, -0.2) is 10.2 Å². The molecular weight excluding hydrogens is 136 g/mol. The Hall–Kier alpha value is -1.27. The van der Waals surface area contributed by atoms with Crippen LogP contribution in [0.5, 0.6) is 0 Å². The molecule has 0 fully saturated rings. The fourth-order valence-electron chi connectivity index (χ4n) is 0.518. The lowest BCUT2D eigenvalue weighted by atomic mass is 10.6. The van der Waals surface area contributed by atoms with E-state index in [1.54, 1.807) is 12.3 Å². The van der Waals surface area contributed by atoms with Crippen molar-refractivity contribution in [2.24, 2.45) is 5.73 Å². The van der Waals surface area contributed by atoms with Crippen LogP contribution in [0.2, 0.25) is 0 Å². The molecule has 0 unspecified atom stereocenters. The summed E-state index contributed by atoms with van der Waals surface area (Å²) in [6.45, 7) is 0.679. The standard InChI is InChI=1S/C4H8N4O2/c5-4(9)10-8-3-1-2-6-7-8/h1,3,6-7H,2H2,(H2,5,9). The first kappa shape index (κ1) is 6.84. The van der Waals surface area contributed by atoms with Crippen molar-refractivity contribution in [2.75, 3.05) is 6.54 Å². The van der Waals surface area contributed by atoms with Crippen LogP contribution in [-0.4, -0.2) is 17.8 Å². The maximum Gasteiger partial charge on any atom is 0.430 e. The normalized spacial score (nSPS) is 17.0. The fourth-order valence-corrected chi connectivity index (χ4v) is 0.518. The molecule has 1 aliphatic rings. The highest BCUT2D eigenvalue weighted by atomic mass is 16.7. The first-order valence-electron chi connectivity index (χ1n) is 2.71. The van der Waals surface area contributed by atoms with Crippen molar-refractivity contribution in [2.45, 2.75) is 0 Å². The molecule has 4 N–H and O–H groups in total. The van der Waals surface area contributed by atoms with E-state index in [-0.39, 0.29) is 0 Å². The van der Waals surface area contributed by atoms with Crippen LogP contribution in [0.3, 0.4) is 0 Å². The number of hydrogen-bond acceptors (Lipinski definition) is 5. The van der Waals surface area contributed by atoms with Gasteiger partial charge < -0.3 is 10.6 Å². The summed E-state index contributed by atoms with van der Waals surface area (Å²) >= 11 is 0. The molecule has 0 aliphatic carbocycles. The van der Waals surface area contributed by atoms with Crippen LogP contribution in [0.1, 0.15) is 0 Å². The molecule has 0 saturated heterocycles. The number of amides is 1. The predicted octanol–water partition coefficient (Wildman–Crippen LogP) is -1.16. The molecule has 6 nitrogen and oxygen atoms in total. The van der Waals surface area contributed by atoms with Gasteiger partial charge in [0, 0.05) is 6.54 Å². The topological polar surface area (TPSA) is 79.6 Å². The van der Waals surface area contributed by atoms with Gasteiger partial charge in [0.25, 0.3) is 0 Å². The lowest BCUT2D eigenvalue weighted by molar-refractivity contribution is -0.110. The van der Waals surface area contributed by atoms with Crippen molar-refractivity contribution in [3.63, 3.8) is 0 Å². The molecule has 0 radical (unpaired) electrons. The van der Waals surface area contributed by atoms with Gasteiger partial charge in [0.1, 0.15) is 0 Å².